The van der Waals surface area contributed by atoms with Crippen molar-refractivity contribution < 1.29 is 9.47 Å². The van der Waals surface area contributed by atoms with Crippen LogP contribution in [0.1, 0.15) is 5.56 Å². The van der Waals surface area contributed by atoms with Gasteiger partial charge in [-0.25, -0.2) is 0 Å². The highest BCUT2D eigenvalue weighted by Gasteiger charge is 2.05. The lowest BCUT2D eigenvalue weighted by Crippen LogP contribution is -2.19. The van der Waals surface area contributed by atoms with Crippen molar-refractivity contribution in [3.05, 3.63) is 36.4 Å². The molecule has 1 aromatic carbocycles. The third-order valence-electron chi connectivity index (χ3n) is 2.40. The Kier molecular flexibility index (Phi) is 5.57. The fraction of sp³-hybridized carbons (Fsp3) is 0.429. The fourth-order valence-electron chi connectivity index (χ4n) is 1.46. The SMILES string of the molecule is C=CCc1ccc(OCCN(C)C)c(OC)c1. The highest BCUT2D eigenvalue weighted by Crippen LogP contribution is 2.28. The Bertz CT molecular complexity index is 361. The van der Waals surface area contributed by atoms with Crippen molar-refractivity contribution in [3.8, 4) is 11.5 Å². The van der Waals surface area contributed by atoms with Crippen molar-refractivity contribution >= 4 is 0 Å². The number of likely N-dealkylation sites (N-methyl/N-ethyl adjacent to an activating group) is 1. The van der Waals surface area contributed by atoms with E-state index in [0.717, 1.165) is 24.5 Å². The topological polar surface area (TPSA) is 21.7 Å². The molecule has 0 aliphatic heterocycles. The smallest absolute Gasteiger partial charge is 0.161 e. The molecule has 17 heavy (non-hydrogen) atoms. The minimum absolute atomic E-state index is 0.657. The maximum atomic E-state index is 5.68. The van der Waals surface area contributed by atoms with E-state index in [1.54, 1.807) is 7.11 Å². The standard InChI is InChI=1S/C14H21NO2/c1-5-6-12-7-8-13(14(11-12)16-4)17-10-9-15(2)3/h5,7-8,11H,1,6,9-10H2,2-4H3. The van der Waals surface area contributed by atoms with Crippen molar-refractivity contribution in [2.24, 2.45) is 0 Å². The number of rotatable bonds is 7. The van der Waals surface area contributed by atoms with Crippen molar-refractivity contribution in [2.75, 3.05) is 34.4 Å². The molecule has 0 heterocycles. The Labute approximate surface area is 104 Å². The van der Waals surface area contributed by atoms with E-state index in [1.165, 1.54) is 5.56 Å². The monoisotopic (exact) mass is 235 g/mol. The molecule has 1 rings (SSSR count). The molecule has 0 spiro atoms. The van der Waals surface area contributed by atoms with E-state index in [2.05, 4.69) is 11.5 Å². The minimum Gasteiger partial charge on any atom is -0.493 e. The molecule has 0 bridgehead atoms. The summed E-state index contributed by atoms with van der Waals surface area (Å²) in [5, 5.41) is 0. The second-order valence-corrected chi connectivity index (χ2v) is 4.13. The predicted octanol–water partition coefficient (Wildman–Crippen LogP) is 2.36. The zero-order chi connectivity index (χ0) is 12.7. The third-order valence-corrected chi connectivity index (χ3v) is 2.40. The molecule has 0 aliphatic carbocycles. The molecule has 0 aliphatic rings. The van der Waals surface area contributed by atoms with Gasteiger partial charge in [-0.2, -0.15) is 0 Å². The maximum Gasteiger partial charge on any atom is 0.161 e. The fourth-order valence-corrected chi connectivity index (χ4v) is 1.46. The Hall–Kier alpha value is -1.48. The van der Waals surface area contributed by atoms with Gasteiger partial charge in [-0.15, -0.1) is 6.58 Å². The number of ether oxygens (including phenoxy) is 2. The summed E-state index contributed by atoms with van der Waals surface area (Å²) < 4.78 is 11.0. The van der Waals surface area contributed by atoms with Gasteiger partial charge in [-0.05, 0) is 38.2 Å². The molecule has 0 saturated heterocycles. The van der Waals surface area contributed by atoms with Crippen molar-refractivity contribution in [2.45, 2.75) is 6.42 Å². The van der Waals surface area contributed by atoms with Crippen molar-refractivity contribution in [1.29, 1.82) is 0 Å². The average molecular weight is 235 g/mol. The van der Waals surface area contributed by atoms with Gasteiger partial charge < -0.3 is 14.4 Å². The van der Waals surface area contributed by atoms with E-state index in [-0.39, 0.29) is 0 Å². The first kappa shape index (κ1) is 13.6. The Balaban J connectivity index is 2.67. The van der Waals surface area contributed by atoms with Crippen molar-refractivity contribution in [3.63, 3.8) is 0 Å². The van der Waals surface area contributed by atoms with Crippen LogP contribution in [0.2, 0.25) is 0 Å². The zero-order valence-corrected chi connectivity index (χ0v) is 10.9. The van der Waals surface area contributed by atoms with Crippen LogP contribution in [-0.2, 0) is 6.42 Å². The average Bonchev–Trinajstić information content (AvgIpc) is 2.30. The van der Waals surface area contributed by atoms with Gasteiger partial charge in [0.25, 0.3) is 0 Å². The molecule has 0 amide bonds. The molecule has 0 fully saturated rings. The summed E-state index contributed by atoms with van der Waals surface area (Å²) in [5.74, 6) is 1.57. The molecule has 94 valence electrons. The number of hydrogen-bond acceptors (Lipinski definition) is 3. The van der Waals surface area contributed by atoms with Gasteiger partial charge in [-0.1, -0.05) is 12.1 Å². The van der Waals surface area contributed by atoms with E-state index in [0.29, 0.717) is 6.61 Å². The summed E-state index contributed by atoms with van der Waals surface area (Å²) in [6, 6.07) is 5.98. The molecular weight excluding hydrogens is 214 g/mol. The van der Waals surface area contributed by atoms with Crippen LogP contribution >= 0.6 is 0 Å². The van der Waals surface area contributed by atoms with Gasteiger partial charge >= 0.3 is 0 Å². The molecule has 0 radical (unpaired) electrons. The van der Waals surface area contributed by atoms with Crippen LogP contribution in [0, 0.1) is 0 Å². The molecule has 0 N–H and O–H groups in total. The Morgan fingerprint density at radius 1 is 1.29 bits per heavy atom. The van der Waals surface area contributed by atoms with E-state index < -0.39 is 0 Å². The molecule has 3 heteroatoms. The molecule has 3 nitrogen and oxygen atoms in total. The lowest BCUT2D eigenvalue weighted by Gasteiger charge is -2.14. The summed E-state index contributed by atoms with van der Waals surface area (Å²) in [6.45, 7) is 5.27. The molecule has 0 atom stereocenters. The van der Waals surface area contributed by atoms with Gasteiger partial charge in [0.15, 0.2) is 11.5 Å². The number of methoxy groups -OCH3 is 1. The molecule has 0 saturated carbocycles. The second kappa shape index (κ2) is 6.97. The lowest BCUT2D eigenvalue weighted by atomic mass is 10.1. The van der Waals surface area contributed by atoms with Gasteiger partial charge in [0.05, 0.1) is 7.11 Å². The number of nitrogens with zero attached hydrogens (tertiary/aromatic N) is 1. The van der Waals surface area contributed by atoms with Crippen LogP contribution in [0.3, 0.4) is 0 Å². The highest BCUT2D eigenvalue weighted by molar-refractivity contribution is 5.43. The Morgan fingerprint density at radius 3 is 2.65 bits per heavy atom. The summed E-state index contributed by atoms with van der Waals surface area (Å²) in [6.07, 6.45) is 2.72. The van der Waals surface area contributed by atoms with Crippen LogP contribution in [-0.4, -0.2) is 39.3 Å². The Morgan fingerprint density at radius 2 is 2.06 bits per heavy atom. The number of allylic oxidation sites excluding steroid dienone is 1. The van der Waals surface area contributed by atoms with Crippen LogP contribution in [0.15, 0.2) is 30.9 Å². The van der Waals surface area contributed by atoms with Crippen molar-refractivity contribution in [1.82, 2.24) is 4.90 Å². The summed E-state index contributed by atoms with van der Waals surface area (Å²) in [5.41, 5.74) is 1.18. The van der Waals surface area contributed by atoms with E-state index in [9.17, 15) is 0 Å². The first-order valence-electron chi connectivity index (χ1n) is 5.72. The second-order valence-electron chi connectivity index (χ2n) is 4.13. The van der Waals surface area contributed by atoms with E-state index >= 15 is 0 Å². The summed E-state index contributed by atoms with van der Waals surface area (Å²) in [7, 11) is 5.70. The highest BCUT2D eigenvalue weighted by atomic mass is 16.5. The van der Waals surface area contributed by atoms with Gasteiger partial charge in [0, 0.05) is 6.54 Å². The zero-order valence-electron chi connectivity index (χ0n) is 10.9. The minimum atomic E-state index is 0.657. The molecular formula is C14H21NO2. The maximum absolute atomic E-state index is 5.68. The largest absolute Gasteiger partial charge is 0.493 e. The number of benzene rings is 1. The van der Waals surface area contributed by atoms with Gasteiger partial charge in [-0.3, -0.25) is 0 Å². The van der Waals surface area contributed by atoms with Gasteiger partial charge in [0.1, 0.15) is 6.61 Å². The van der Waals surface area contributed by atoms with Crippen LogP contribution in [0.5, 0.6) is 11.5 Å². The third kappa shape index (κ3) is 4.49. The first-order chi connectivity index (χ1) is 8.17. The quantitative estimate of drug-likeness (QED) is 0.677. The normalized spacial score (nSPS) is 10.4. The molecule has 0 unspecified atom stereocenters. The lowest BCUT2D eigenvalue weighted by molar-refractivity contribution is 0.250. The van der Waals surface area contributed by atoms with Gasteiger partial charge in [0.2, 0.25) is 0 Å². The van der Waals surface area contributed by atoms with Crippen LogP contribution in [0.25, 0.3) is 0 Å². The van der Waals surface area contributed by atoms with E-state index in [4.69, 9.17) is 9.47 Å². The molecule has 0 aromatic heterocycles. The van der Waals surface area contributed by atoms with Crippen LogP contribution in [0.4, 0.5) is 0 Å². The molecule has 1 aromatic rings. The van der Waals surface area contributed by atoms with E-state index in [1.807, 2.05) is 38.4 Å². The van der Waals surface area contributed by atoms with Crippen LogP contribution < -0.4 is 9.47 Å². The summed E-state index contributed by atoms with van der Waals surface area (Å²) >= 11 is 0. The predicted molar refractivity (Wildman–Crippen MR) is 70.9 cm³/mol. The summed E-state index contributed by atoms with van der Waals surface area (Å²) in [4.78, 5) is 2.08. The number of hydrogen-bond donors (Lipinski definition) is 0. The first-order valence-corrected chi connectivity index (χ1v) is 5.72.